The van der Waals surface area contributed by atoms with Gasteiger partial charge in [0.1, 0.15) is 5.60 Å². The molecular weight excluding hydrogens is 874 g/mol. The molecule has 49 heavy (non-hydrogen) atoms. The third-order valence-corrected chi connectivity index (χ3v) is 13.8. The Bertz CT molecular complexity index is 2130. The van der Waals surface area contributed by atoms with Crippen LogP contribution in [0.3, 0.4) is 0 Å². The molecule has 4 aromatic rings. The number of hydrogen-bond acceptors (Lipinski definition) is 9. The van der Waals surface area contributed by atoms with Crippen LogP contribution in [0.2, 0.25) is 0 Å². The number of halogens is 4. The van der Waals surface area contributed by atoms with Gasteiger partial charge in [-0.1, -0.05) is 0 Å². The van der Waals surface area contributed by atoms with Gasteiger partial charge in [0.05, 0.1) is 18.5 Å². The molecule has 1 atom stereocenters. The van der Waals surface area contributed by atoms with E-state index in [1.54, 1.807) is 31.7 Å². The molecule has 0 aliphatic carbocycles. The van der Waals surface area contributed by atoms with E-state index in [1.807, 2.05) is 6.07 Å². The summed E-state index contributed by atoms with van der Waals surface area (Å²) in [5.41, 5.74) is -2.04. The maximum atomic E-state index is 16.7. The number of hydrogen-bond donors (Lipinski definition) is 0. The van der Waals surface area contributed by atoms with Crippen molar-refractivity contribution in [2.24, 2.45) is 0 Å². The summed E-state index contributed by atoms with van der Waals surface area (Å²) in [4.78, 5) is 23.5. The van der Waals surface area contributed by atoms with Gasteiger partial charge in [-0.15, -0.1) is 0 Å². The first-order valence-corrected chi connectivity index (χ1v) is 25.1. The van der Waals surface area contributed by atoms with Crippen molar-refractivity contribution in [3.8, 4) is 32.3 Å². The second-order valence-corrected chi connectivity index (χ2v) is 24.6. The van der Waals surface area contributed by atoms with Gasteiger partial charge in [-0.25, -0.2) is 4.79 Å². The van der Waals surface area contributed by atoms with E-state index in [-0.39, 0.29) is 66.3 Å². The van der Waals surface area contributed by atoms with Crippen molar-refractivity contribution in [1.82, 2.24) is 14.9 Å². The van der Waals surface area contributed by atoms with Gasteiger partial charge in [0.15, 0.2) is 0 Å². The summed E-state index contributed by atoms with van der Waals surface area (Å²) in [5, 5.41) is 9.88. The first kappa shape index (κ1) is 36.7. The molecule has 1 saturated heterocycles. The number of ether oxygens (including phenoxy) is 3. The van der Waals surface area contributed by atoms with Crippen LogP contribution < -0.4 is 9.64 Å². The minimum atomic E-state index is -1.67. The van der Waals surface area contributed by atoms with Crippen molar-refractivity contribution in [3.63, 3.8) is 0 Å². The molecule has 0 unspecified atom stereocenters. The summed E-state index contributed by atoms with van der Waals surface area (Å²) in [6.07, 6.45) is -1.98. The summed E-state index contributed by atoms with van der Waals surface area (Å²) >= 11 is 3.35. The Kier molecular flexibility index (Phi) is 11.6. The topological polar surface area (TPSA) is 101 Å². The van der Waals surface area contributed by atoms with E-state index >= 15 is 17.6 Å². The van der Waals surface area contributed by atoms with E-state index in [9.17, 15) is 10.1 Å². The average molecular weight is 902 g/mol. The van der Waals surface area contributed by atoms with Gasteiger partial charge in [-0.2, -0.15) is 5.26 Å². The van der Waals surface area contributed by atoms with Crippen molar-refractivity contribution >= 4 is 72.5 Å². The Hall–Kier alpha value is -3.57. The van der Waals surface area contributed by atoms with Crippen LogP contribution in [0, 0.1) is 44.3 Å². The zero-order valence-electron chi connectivity index (χ0n) is 26.8. The van der Waals surface area contributed by atoms with Crippen molar-refractivity contribution in [3.05, 3.63) is 59.4 Å². The second-order valence-electron chi connectivity index (χ2n) is 11.9. The van der Waals surface area contributed by atoms with E-state index < -0.39 is 75.5 Å². The van der Waals surface area contributed by atoms with Gasteiger partial charge < -0.3 is 9.64 Å². The SMILES string of the molecule is COCOc1cc(-c2c(F)cc3c(N4CCN(C(=O)OC(C)(C)C)[C@@H](CC#N)C4)nc(F)nc3c2F)c2c(C#[C][Tl]=[P+]=S)c(F)ccc2c1. The number of aromatic nitrogens is 2. The Labute approximate surface area is 296 Å². The zero-order chi connectivity index (χ0) is 35.5. The number of methoxy groups -OCH3 is 1. The Morgan fingerprint density at radius 2 is 1.92 bits per heavy atom. The van der Waals surface area contributed by atoms with Gasteiger partial charge in [0.25, 0.3) is 0 Å². The predicted molar refractivity (Wildman–Crippen MR) is 181 cm³/mol. The van der Waals surface area contributed by atoms with Crippen LogP contribution in [0.1, 0.15) is 32.8 Å². The molecule has 0 spiro atoms. The normalized spacial score (nSPS) is 14.6. The molecule has 1 fully saturated rings. The fourth-order valence-electron chi connectivity index (χ4n) is 5.60. The van der Waals surface area contributed by atoms with Crippen LogP contribution in [0.5, 0.6) is 5.75 Å². The Morgan fingerprint density at radius 1 is 1.14 bits per heavy atom. The summed E-state index contributed by atoms with van der Waals surface area (Å²) < 4.78 is 83.3. The molecule has 0 bridgehead atoms. The molecule has 1 amide bonds. The Balaban J connectivity index is 1.69. The third kappa shape index (κ3) is 8.09. The van der Waals surface area contributed by atoms with Crippen molar-refractivity contribution in [1.29, 1.82) is 5.26 Å². The average Bonchev–Trinajstić information content (AvgIpc) is 3.04. The van der Waals surface area contributed by atoms with Gasteiger partial charge in [-0.05, 0) is 20.8 Å². The molecular formula is C33H28F4N5O4PSTl+. The summed E-state index contributed by atoms with van der Waals surface area (Å²) in [6.45, 7) is 5.14. The fourth-order valence-corrected chi connectivity index (χ4v) is 9.04. The summed E-state index contributed by atoms with van der Waals surface area (Å²) in [5.74, 6) is -0.0576. The molecule has 1 aliphatic rings. The van der Waals surface area contributed by atoms with E-state index in [1.165, 1.54) is 30.2 Å². The zero-order valence-corrected chi connectivity index (χ0v) is 33.0. The molecule has 1 aromatic heterocycles. The van der Waals surface area contributed by atoms with Crippen LogP contribution in [-0.2, 0) is 21.3 Å². The van der Waals surface area contributed by atoms with Gasteiger partial charge in [0, 0.05) is 6.54 Å². The molecule has 0 saturated carbocycles. The number of anilines is 1. The van der Waals surface area contributed by atoms with E-state index in [4.69, 9.17) is 26.0 Å². The number of nitriles is 1. The molecule has 9 nitrogen and oxygen atoms in total. The van der Waals surface area contributed by atoms with Crippen LogP contribution in [0.4, 0.5) is 28.2 Å². The van der Waals surface area contributed by atoms with Gasteiger partial charge in [-0.3, -0.25) is 0 Å². The number of amides is 1. The molecule has 16 heteroatoms. The molecule has 250 valence electrons. The molecule has 0 N–H and O–H groups in total. The monoisotopic (exact) mass is 902 g/mol. The fraction of sp³-hybridized carbons (Fsp3) is 0.333. The van der Waals surface area contributed by atoms with Crippen molar-refractivity contribution in [2.45, 2.75) is 38.8 Å². The molecule has 0 radical (unpaired) electrons. The number of nitrogens with zero attached hydrogens (tertiary/aromatic N) is 5. The molecule has 5 rings (SSSR count). The molecule has 3 aromatic carbocycles. The van der Waals surface area contributed by atoms with Crippen molar-refractivity contribution < 1.29 is 36.6 Å². The van der Waals surface area contributed by atoms with E-state index in [0.717, 1.165) is 10.1 Å². The first-order valence-electron chi connectivity index (χ1n) is 14.9. The van der Waals surface area contributed by atoms with Gasteiger partial charge >= 0.3 is 227 Å². The maximum absolute atomic E-state index is 16.7. The molecule has 2 heterocycles. The number of carbonyl (C=O) groups excluding carboxylic acids is 1. The third-order valence-electron chi connectivity index (χ3n) is 7.54. The summed E-state index contributed by atoms with van der Waals surface area (Å²) in [7, 11) is 1.41. The van der Waals surface area contributed by atoms with Crippen LogP contribution in [0.25, 0.3) is 32.8 Å². The first-order chi connectivity index (χ1) is 23.4. The van der Waals surface area contributed by atoms with Crippen LogP contribution >= 0.6 is 4.00 Å². The van der Waals surface area contributed by atoms with E-state index in [0.29, 0.717) is 5.39 Å². The number of rotatable bonds is 6. The molecule has 1 aliphatic heterocycles. The predicted octanol–water partition coefficient (Wildman–Crippen LogP) is 6.66. The number of piperazine rings is 1. The number of fused-ring (bicyclic) bond motifs is 2. The second kappa shape index (κ2) is 15.5. The van der Waals surface area contributed by atoms with Gasteiger partial charge in [0.2, 0.25) is 0 Å². The minimum absolute atomic E-state index is 0.00284. The quantitative estimate of drug-likeness (QED) is 0.0526. The Morgan fingerprint density at radius 3 is 2.61 bits per heavy atom. The number of benzene rings is 3. The van der Waals surface area contributed by atoms with Crippen LogP contribution in [0.15, 0.2) is 30.3 Å². The summed E-state index contributed by atoms with van der Waals surface area (Å²) in [6, 6.07) is 7.92. The standard InChI is InChI=1S/C33H28F4N5O4.PS.Tl/c1-6-21-24(34)8-7-18-13-20(45-17-44-5)14-22(26(18)21)27-25(35)15-23-29(28(27)36)39-31(37)40-30(23)41-11-12-42(19(16-41)9-10-38)32(43)46-33(2,3)4;1-2;/h7-8,13-15,19H,9,11-12,16-17H2,2-5H3;;/q;-1;+2/t19-;;/m0../s1. The van der Waals surface area contributed by atoms with Crippen molar-refractivity contribution in [2.75, 3.05) is 38.4 Å². The number of carbonyl (C=O) groups is 1. The van der Waals surface area contributed by atoms with Crippen LogP contribution in [-0.4, -0.2) is 89.2 Å². The van der Waals surface area contributed by atoms with E-state index in [2.05, 4.69) is 19.4 Å².